The molecule has 2 aromatic rings. The van der Waals surface area contributed by atoms with E-state index < -0.39 is 0 Å². The first-order chi connectivity index (χ1) is 13.9. The van der Waals surface area contributed by atoms with E-state index in [1.807, 2.05) is 0 Å². The third kappa shape index (κ3) is 5.57. The van der Waals surface area contributed by atoms with Crippen molar-refractivity contribution in [2.24, 2.45) is 0 Å². The van der Waals surface area contributed by atoms with Gasteiger partial charge in [-0.05, 0) is 62.2 Å². The summed E-state index contributed by atoms with van der Waals surface area (Å²) in [5, 5.41) is 3.23. The van der Waals surface area contributed by atoms with Gasteiger partial charge in [-0.25, -0.2) is 0 Å². The molecule has 1 heterocycles. The van der Waals surface area contributed by atoms with E-state index in [4.69, 9.17) is 16.3 Å². The summed E-state index contributed by atoms with van der Waals surface area (Å²) in [6.45, 7) is 2.57. The number of rotatable bonds is 8. The van der Waals surface area contributed by atoms with Crippen LogP contribution in [0.5, 0.6) is 5.75 Å². The molecule has 2 amide bonds. The highest BCUT2D eigenvalue weighted by molar-refractivity contribution is 6.33. The predicted octanol–water partition coefficient (Wildman–Crippen LogP) is 4.47. The predicted molar refractivity (Wildman–Crippen MR) is 113 cm³/mol. The molecule has 0 aromatic heterocycles. The van der Waals surface area contributed by atoms with Gasteiger partial charge in [0.25, 0.3) is 0 Å². The molecule has 2 aromatic carbocycles. The average molecular weight is 415 g/mol. The molecular formula is C22H23ClN2O4. The Morgan fingerprint density at radius 3 is 2.59 bits per heavy atom. The molecular weight excluding hydrogens is 392 g/mol. The van der Waals surface area contributed by atoms with Crippen LogP contribution < -0.4 is 15.0 Å². The summed E-state index contributed by atoms with van der Waals surface area (Å²) >= 11 is 6.19. The van der Waals surface area contributed by atoms with E-state index in [0.29, 0.717) is 48.0 Å². The van der Waals surface area contributed by atoms with Gasteiger partial charge in [0.1, 0.15) is 5.75 Å². The topological polar surface area (TPSA) is 75.7 Å². The Kier molecular flexibility index (Phi) is 6.88. The third-order valence-corrected chi connectivity index (χ3v) is 5.02. The lowest BCUT2D eigenvalue weighted by Gasteiger charge is -2.17. The number of carbonyl (C=O) groups excluding carboxylic acids is 3. The normalized spacial score (nSPS) is 13.4. The Morgan fingerprint density at radius 1 is 1.17 bits per heavy atom. The molecule has 1 saturated heterocycles. The standard InChI is InChI=1S/C22H23ClN2O4/c1-15(26)16-6-9-18(10-7-16)29-13-3-4-21(27)24-20-14-17(8-11-19(20)23)25-12-2-5-22(25)28/h6-11,14H,2-5,12-13H2,1H3,(H,24,27). The third-order valence-electron chi connectivity index (χ3n) is 4.69. The number of amides is 2. The number of anilines is 2. The summed E-state index contributed by atoms with van der Waals surface area (Å²) in [7, 11) is 0. The summed E-state index contributed by atoms with van der Waals surface area (Å²) in [6.07, 6.45) is 2.18. The summed E-state index contributed by atoms with van der Waals surface area (Å²) in [5.74, 6) is 0.567. The zero-order chi connectivity index (χ0) is 20.8. The van der Waals surface area contributed by atoms with E-state index in [-0.39, 0.29) is 24.0 Å². The Hall–Kier alpha value is -2.86. The van der Waals surface area contributed by atoms with E-state index in [9.17, 15) is 14.4 Å². The van der Waals surface area contributed by atoms with Gasteiger partial charge in [-0.3, -0.25) is 14.4 Å². The van der Waals surface area contributed by atoms with Crippen molar-refractivity contribution < 1.29 is 19.1 Å². The van der Waals surface area contributed by atoms with Gasteiger partial charge >= 0.3 is 0 Å². The van der Waals surface area contributed by atoms with Crippen LogP contribution in [0.3, 0.4) is 0 Å². The van der Waals surface area contributed by atoms with Crippen molar-refractivity contribution in [1.82, 2.24) is 0 Å². The van der Waals surface area contributed by atoms with Gasteiger partial charge in [-0.2, -0.15) is 0 Å². The largest absolute Gasteiger partial charge is 0.494 e. The minimum atomic E-state index is -0.174. The maximum atomic E-state index is 12.2. The first-order valence-electron chi connectivity index (χ1n) is 9.57. The van der Waals surface area contributed by atoms with Crippen molar-refractivity contribution in [3.63, 3.8) is 0 Å². The first kappa shape index (κ1) is 20.9. The number of nitrogens with one attached hydrogen (secondary N) is 1. The van der Waals surface area contributed by atoms with Gasteiger partial charge in [-0.1, -0.05) is 11.6 Å². The van der Waals surface area contributed by atoms with Gasteiger partial charge in [0.05, 0.1) is 17.3 Å². The van der Waals surface area contributed by atoms with Gasteiger partial charge < -0.3 is 15.0 Å². The Balaban J connectivity index is 1.48. The van der Waals surface area contributed by atoms with Crippen LogP contribution in [-0.2, 0) is 9.59 Å². The van der Waals surface area contributed by atoms with Crippen molar-refractivity contribution in [1.29, 1.82) is 0 Å². The maximum absolute atomic E-state index is 12.2. The van der Waals surface area contributed by atoms with Crippen LogP contribution in [0.2, 0.25) is 5.02 Å². The van der Waals surface area contributed by atoms with Gasteiger partial charge in [0, 0.05) is 30.6 Å². The molecule has 3 rings (SSSR count). The highest BCUT2D eigenvalue weighted by atomic mass is 35.5. The quantitative estimate of drug-likeness (QED) is 0.511. The van der Waals surface area contributed by atoms with Crippen molar-refractivity contribution in [3.05, 3.63) is 53.1 Å². The molecule has 0 bridgehead atoms. The fourth-order valence-corrected chi connectivity index (χ4v) is 3.28. The Labute approximate surface area is 174 Å². The van der Waals surface area contributed by atoms with Crippen LogP contribution >= 0.6 is 11.6 Å². The number of Topliss-reactive ketones (excluding diaryl/α,β-unsaturated/α-hetero) is 1. The molecule has 1 fully saturated rings. The zero-order valence-electron chi connectivity index (χ0n) is 16.2. The van der Waals surface area contributed by atoms with Gasteiger partial charge in [-0.15, -0.1) is 0 Å². The summed E-state index contributed by atoms with van der Waals surface area (Å²) < 4.78 is 5.60. The number of ketones is 1. The second kappa shape index (κ2) is 9.56. The van der Waals surface area contributed by atoms with E-state index in [0.717, 1.165) is 12.1 Å². The minimum absolute atomic E-state index is 0.00467. The molecule has 0 atom stereocenters. The lowest BCUT2D eigenvalue weighted by atomic mass is 10.1. The van der Waals surface area contributed by atoms with Gasteiger partial charge in [0.15, 0.2) is 5.78 Å². The number of benzene rings is 2. The molecule has 0 saturated carbocycles. The monoisotopic (exact) mass is 414 g/mol. The SMILES string of the molecule is CC(=O)c1ccc(OCCCC(=O)Nc2cc(N3CCCC3=O)ccc2Cl)cc1. The van der Waals surface area contributed by atoms with Crippen molar-refractivity contribution in [2.75, 3.05) is 23.4 Å². The van der Waals surface area contributed by atoms with E-state index in [1.54, 1.807) is 47.4 Å². The van der Waals surface area contributed by atoms with E-state index >= 15 is 0 Å². The lowest BCUT2D eigenvalue weighted by Crippen LogP contribution is -2.23. The minimum Gasteiger partial charge on any atom is -0.494 e. The molecule has 7 heteroatoms. The smallest absolute Gasteiger partial charge is 0.227 e. The maximum Gasteiger partial charge on any atom is 0.227 e. The Morgan fingerprint density at radius 2 is 1.93 bits per heavy atom. The average Bonchev–Trinajstić information content (AvgIpc) is 3.13. The van der Waals surface area contributed by atoms with Crippen molar-refractivity contribution in [2.45, 2.75) is 32.6 Å². The lowest BCUT2D eigenvalue weighted by molar-refractivity contribution is -0.117. The number of ether oxygens (including phenoxy) is 1. The van der Waals surface area contributed by atoms with Crippen molar-refractivity contribution >= 4 is 40.6 Å². The second-order valence-electron chi connectivity index (χ2n) is 6.89. The van der Waals surface area contributed by atoms with Crippen molar-refractivity contribution in [3.8, 4) is 5.75 Å². The first-order valence-corrected chi connectivity index (χ1v) is 9.95. The molecule has 0 spiro atoms. The highest BCUT2D eigenvalue weighted by Crippen LogP contribution is 2.30. The molecule has 6 nitrogen and oxygen atoms in total. The molecule has 1 N–H and O–H groups in total. The molecule has 1 aliphatic rings. The molecule has 0 aliphatic carbocycles. The Bertz CT molecular complexity index is 912. The van der Waals surface area contributed by atoms with Crippen LogP contribution in [0, 0.1) is 0 Å². The summed E-state index contributed by atoms with van der Waals surface area (Å²) in [5.41, 5.74) is 1.87. The van der Waals surface area contributed by atoms with E-state index in [1.165, 1.54) is 6.92 Å². The molecule has 0 unspecified atom stereocenters. The van der Waals surface area contributed by atoms with Crippen LogP contribution in [0.15, 0.2) is 42.5 Å². The molecule has 152 valence electrons. The number of hydrogen-bond acceptors (Lipinski definition) is 4. The summed E-state index contributed by atoms with van der Waals surface area (Å²) in [4.78, 5) is 37.1. The number of halogens is 1. The molecule has 0 radical (unpaired) electrons. The summed E-state index contributed by atoms with van der Waals surface area (Å²) in [6, 6.07) is 12.1. The second-order valence-corrected chi connectivity index (χ2v) is 7.30. The molecule has 1 aliphatic heterocycles. The van der Waals surface area contributed by atoms with Crippen LogP contribution in [0.25, 0.3) is 0 Å². The zero-order valence-corrected chi connectivity index (χ0v) is 17.0. The van der Waals surface area contributed by atoms with Crippen LogP contribution in [0.4, 0.5) is 11.4 Å². The van der Waals surface area contributed by atoms with Gasteiger partial charge in [0.2, 0.25) is 11.8 Å². The fraction of sp³-hybridized carbons (Fsp3) is 0.318. The number of nitrogens with zero attached hydrogens (tertiary/aromatic N) is 1. The number of carbonyl (C=O) groups is 3. The van der Waals surface area contributed by atoms with E-state index in [2.05, 4.69) is 5.32 Å². The molecule has 29 heavy (non-hydrogen) atoms. The number of hydrogen-bond donors (Lipinski definition) is 1. The van der Waals surface area contributed by atoms with Crippen LogP contribution in [0.1, 0.15) is 43.0 Å². The highest BCUT2D eigenvalue weighted by Gasteiger charge is 2.22. The fourth-order valence-electron chi connectivity index (χ4n) is 3.12. The van der Waals surface area contributed by atoms with Crippen LogP contribution in [-0.4, -0.2) is 30.7 Å².